The highest BCUT2D eigenvalue weighted by Crippen LogP contribution is 2.58. The van der Waals surface area contributed by atoms with Crippen LogP contribution in [0.2, 0.25) is 0 Å². The first-order chi connectivity index (χ1) is 8.24. The van der Waals surface area contributed by atoms with Crippen molar-refractivity contribution < 1.29 is 4.74 Å². The maximum Gasteiger partial charge on any atom is 0.202 e. The molecule has 0 radical (unpaired) electrons. The lowest BCUT2D eigenvalue weighted by Gasteiger charge is -2.60. The normalized spacial score (nSPS) is 29.8. The summed E-state index contributed by atoms with van der Waals surface area (Å²) in [5, 5.41) is 4.51. The number of hydrogen-bond acceptors (Lipinski definition) is 5. The van der Waals surface area contributed by atoms with E-state index < -0.39 is 0 Å². The van der Waals surface area contributed by atoms with Crippen LogP contribution >= 0.6 is 11.5 Å². The Hall–Kier alpha value is -0.680. The van der Waals surface area contributed by atoms with E-state index in [0.717, 1.165) is 24.0 Å². The number of hydrogen-bond donors (Lipinski definition) is 1. The van der Waals surface area contributed by atoms with Gasteiger partial charge in [-0.2, -0.15) is 4.37 Å². The zero-order valence-electron chi connectivity index (χ0n) is 10.4. The van der Waals surface area contributed by atoms with E-state index in [0.29, 0.717) is 17.6 Å². The van der Waals surface area contributed by atoms with Gasteiger partial charge in [-0.3, -0.25) is 0 Å². The van der Waals surface area contributed by atoms with Gasteiger partial charge in [-0.05, 0) is 33.1 Å². The molecular weight excluding hydrogens is 234 g/mol. The molecule has 1 aromatic heterocycles. The fourth-order valence-electron chi connectivity index (χ4n) is 3.15. The highest BCUT2D eigenvalue weighted by Gasteiger charge is 2.59. The maximum absolute atomic E-state index is 5.84. The summed E-state index contributed by atoms with van der Waals surface area (Å²) in [6.07, 6.45) is 5.52. The van der Waals surface area contributed by atoms with Crippen LogP contribution in [0.4, 0.5) is 5.13 Å². The second-order valence-corrected chi connectivity index (χ2v) is 5.86. The Balaban J connectivity index is 1.65. The van der Waals surface area contributed by atoms with Crippen LogP contribution in [0.5, 0.6) is 0 Å². The van der Waals surface area contributed by atoms with Gasteiger partial charge in [-0.1, -0.05) is 6.42 Å². The Morgan fingerprint density at radius 3 is 2.88 bits per heavy atom. The van der Waals surface area contributed by atoms with E-state index in [9.17, 15) is 0 Å². The molecule has 2 aliphatic rings. The van der Waals surface area contributed by atoms with Gasteiger partial charge in [0.2, 0.25) is 5.13 Å². The summed E-state index contributed by atoms with van der Waals surface area (Å²) in [6.45, 7) is 4.85. The quantitative estimate of drug-likeness (QED) is 0.896. The number of nitrogens with zero attached hydrogens (tertiary/aromatic N) is 2. The highest BCUT2D eigenvalue weighted by molar-refractivity contribution is 7.09. The summed E-state index contributed by atoms with van der Waals surface area (Å²) < 4.78 is 10.0. The van der Waals surface area contributed by atoms with Crippen LogP contribution < -0.4 is 5.32 Å². The van der Waals surface area contributed by atoms with Crippen LogP contribution in [-0.4, -0.2) is 28.1 Å². The van der Waals surface area contributed by atoms with E-state index in [4.69, 9.17) is 4.74 Å². The Bertz CT molecular complexity index is 402. The van der Waals surface area contributed by atoms with E-state index in [1.165, 1.54) is 30.8 Å². The smallest absolute Gasteiger partial charge is 0.202 e. The van der Waals surface area contributed by atoms with Crippen LogP contribution in [0.3, 0.4) is 0 Å². The zero-order chi connectivity index (χ0) is 11.9. The Morgan fingerprint density at radius 2 is 2.35 bits per heavy atom. The lowest BCUT2D eigenvalue weighted by atomic mass is 9.51. The number of nitrogens with one attached hydrogen (secondary N) is 1. The van der Waals surface area contributed by atoms with Gasteiger partial charge in [0.1, 0.15) is 5.82 Å². The minimum Gasteiger partial charge on any atom is -0.378 e. The molecule has 0 saturated heterocycles. The van der Waals surface area contributed by atoms with Crippen molar-refractivity contribution in [3.63, 3.8) is 0 Å². The minimum absolute atomic E-state index is 0.398. The number of anilines is 1. The van der Waals surface area contributed by atoms with Crippen molar-refractivity contribution in [2.75, 3.05) is 11.9 Å². The van der Waals surface area contributed by atoms with Gasteiger partial charge in [-0.25, -0.2) is 4.98 Å². The topological polar surface area (TPSA) is 47.0 Å². The molecule has 0 bridgehead atoms. The number of rotatable bonds is 4. The molecule has 1 N–H and O–H groups in total. The molecule has 1 heterocycles. The first kappa shape index (κ1) is 11.4. The van der Waals surface area contributed by atoms with Gasteiger partial charge in [0, 0.05) is 29.6 Å². The largest absolute Gasteiger partial charge is 0.378 e. The molecule has 3 rings (SSSR count). The molecule has 2 atom stereocenters. The molecule has 2 fully saturated rings. The van der Waals surface area contributed by atoms with Crippen LogP contribution in [0.1, 0.15) is 38.4 Å². The van der Waals surface area contributed by atoms with E-state index in [2.05, 4.69) is 21.6 Å². The summed E-state index contributed by atoms with van der Waals surface area (Å²) in [7, 11) is 0. The molecule has 1 spiro atoms. The predicted octanol–water partition coefficient (Wildman–Crippen LogP) is 2.61. The SMILES string of the molecule is CCO[C@@H]1C[C@@H](Nc2nc(C)ns2)C12CCC2. The number of aryl methyl sites for hydroxylation is 1. The Labute approximate surface area is 106 Å². The predicted molar refractivity (Wildman–Crippen MR) is 68.4 cm³/mol. The van der Waals surface area contributed by atoms with E-state index in [1.807, 2.05) is 6.92 Å². The van der Waals surface area contributed by atoms with Gasteiger partial charge < -0.3 is 10.1 Å². The second-order valence-electron chi connectivity index (χ2n) is 5.11. The van der Waals surface area contributed by atoms with Crippen LogP contribution in [-0.2, 0) is 4.74 Å². The van der Waals surface area contributed by atoms with E-state index >= 15 is 0 Å². The molecule has 0 unspecified atom stereocenters. The van der Waals surface area contributed by atoms with E-state index in [1.54, 1.807) is 0 Å². The lowest BCUT2D eigenvalue weighted by Crippen LogP contribution is -2.64. The van der Waals surface area contributed by atoms with Crippen molar-refractivity contribution in [3.8, 4) is 0 Å². The third-order valence-electron chi connectivity index (χ3n) is 4.26. The third-order valence-corrected chi connectivity index (χ3v) is 5.00. The molecule has 94 valence electrons. The van der Waals surface area contributed by atoms with Gasteiger partial charge in [-0.15, -0.1) is 0 Å². The molecular formula is C12H19N3OS. The standard InChI is InChI=1S/C12H19N3OS/c1-3-16-10-7-9(12(10)5-4-6-12)14-11-13-8(2)15-17-11/h9-10H,3-7H2,1-2H3,(H,13,14,15)/t9-,10-/m1/s1. The van der Waals surface area contributed by atoms with Gasteiger partial charge in [0.05, 0.1) is 6.10 Å². The Kier molecular flexibility index (Phi) is 2.83. The third kappa shape index (κ3) is 1.76. The average Bonchev–Trinajstić information content (AvgIpc) is 2.60. The molecule has 4 nitrogen and oxygen atoms in total. The highest BCUT2D eigenvalue weighted by atomic mass is 32.1. The minimum atomic E-state index is 0.398. The molecule has 2 aliphatic carbocycles. The van der Waals surface area contributed by atoms with Crippen molar-refractivity contribution in [3.05, 3.63) is 5.82 Å². The molecule has 1 aromatic rings. The van der Waals surface area contributed by atoms with Gasteiger partial charge >= 0.3 is 0 Å². The fraction of sp³-hybridized carbons (Fsp3) is 0.833. The van der Waals surface area contributed by atoms with Crippen molar-refractivity contribution in [2.45, 2.75) is 51.7 Å². The first-order valence-electron chi connectivity index (χ1n) is 6.43. The average molecular weight is 253 g/mol. The maximum atomic E-state index is 5.84. The molecule has 17 heavy (non-hydrogen) atoms. The van der Waals surface area contributed by atoms with Gasteiger partial charge in [0.25, 0.3) is 0 Å². The summed E-state index contributed by atoms with van der Waals surface area (Å²) in [5.74, 6) is 0.862. The second kappa shape index (κ2) is 4.21. The summed E-state index contributed by atoms with van der Waals surface area (Å²) in [6, 6.07) is 0.542. The fourth-order valence-corrected chi connectivity index (χ4v) is 3.77. The van der Waals surface area contributed by atoms with Crippen molar-refractivity contribution in [1.29, 1.82) is 0 Å². The molecule has 5 heteroatoms. The van der Waals surface area contributed by atoms with Crippen LogP contribution in [0.25, 0.3) is 0 Å². The van der Waals surface area contributed by atoms with Crippen LogP contribution in [0, 0.1) is 12.3 Å². The summed E-state index contributed by atoms with van der Waals surface area (Å²) in [4.78, 5) is 4.38. The Morgan fingerprint density at radius 1 is 1.53 bits per heavy atom. The summed E-state index contributed by atoms with van der Waals surface area (Å²) in [5.41, 5.74) is 0.398. The first-order valence-corrected chi connectivity index (χ1v) is 7.20. The van der Waals surface area contributed by atoms with Crippen molar-refractivity contribution in [1.82, 2.24) is 9.36 Å². The van der Waals surface area contributed by atoms with Crippen molar-refractivity contribution >= 4 is 16.7 Å². The van der Waals surface area contributed by atoms with E-state index in [-0.39, 0.29) is 0 Å². The number of ether oxygens (including phenoxy) is 1. The molecule has 2 saturated carbocycles. The monoisotopic (exact) mass is 253 g/mol. The molecule has 0 aromatic carbocycles. The zero-order valence-corrected chi connectivity index (χ0v) is 11.2. The summed E-state index contributed by atoms with van der Waals surface area (Å²) >= 11 is 1.46. The number of aromatic nitrogens is 2. The van der Waals surface area contributed by atoms with Crippen molar-refractivity contribution in [2.24, 2.45) is 5.41 Å². The lowest BCUT2D eigenvalue weighted by molar-refractivity contribution is -0.157. The van der Waals surface area contributed by atoms with Gasteiger partial charge in [0.15, 0.2) is 0 Å². The molecule has 0 aliphatic heterocycles. The van der Waals surface area contributed by atoms with Crippen LogP contribution in [0.15, 0.2) is 0 Å². The molecule has 0 amide bonds.